The molecule has 5 rings (SSSR count). The Kier molecular flexibility index (Phi) is 3.76. The number of aromatic nitrogens is 4. The monoisotopic (exact) mass is 368 g/mol. The normalized spacial score (nSPS) is 11.3. The number of rotatable bonds is 4. The number of benzene rings is 2. The van der Waals surface area contributed by atoms with E-state index in [0.29, 0.717) is 12.5 Å². The van der Waals surface area contributed by atoms with Gasteiger partial charge in [-0.2, -0.15) is 4.98 Å². The first kappa shape index (κ1) is 16.4. The standard InChI is InChI=1S/C22H20N6/c1-15-13-17-18(23)9-5-10-19(17)28(15)22-25-21(20-11-6-12-27(20)26-22)24-14-16-7-3-2-4-8-16/h2-13H,14,23H2,1H3,(H,24,25,26). The first-order chi connectivity index (χ1) is 13.7. The molecule has 5 aromatic rings. The quantitative estimate of drug-likeness (QED) is 0.467. The summed E-state index contributed by atoms with van der Waals surface area (Å²) in [6.07, 6.45) is 1.93. The van der Waals surface area contributed by atoms with E-state index < -0.39 is 0 Å². The molecule has 0 saturated carbocycles. The Morgan fingerprint density at radius 2 is 1.79 bits per heavy atom. The van der Waals surface area contributed by atoms with E-state index in [1.807, 2.05) is 70.7 Å². The minimum absolute atomic E-state index is 0.609. The molecule has 6 heteroatoms. The highest BCUT2D eigenvalue weighted by molar-refractivity contribution is 5.93. The molecule has 0 aliphatic rings. The third-order valence-electron chi connectivity index (χ3n) is 4.95. The highest BCUT2D eigenvalue weighted by Gasteiger charge is 2.14. The lowest BCUT2D eigenvalue weighted by Crippen LogP contribution is -2.11. The van der Waals surface area contributed by atoms with E-state index >= 15 is 0 Å². The molecule has 6 nitrogen and oxygen atoms in total. The van der Waals surface area contributed by atoms with Gasteiger partial charge < -0.3 is 11.1 Å². The molecule has 0 spiro atoms. The van der Waals surface area contributed by atoms with E-state index in [1.165, 1.54) is 5.56 Å². The lowest BCUT2D eigenvalue weighted by Gasteiger charge is -2.12. The molecule has 0 radical (unpaired) electrons. The van der Waals surface area contributed by atoms with Crippen molar-refractivity contribution >= 4 is 27.9 Å². The second kappa shape index (κ2) is 6.42. The molecule has 0 saturated heterocycles. The van der Waals surface area contributed by atoms with Crippen molar-refractivity contribution in [1.29, 1.82) is 0 Å². The number of fused-ring (bicyclic) bond motifs is 2. The second-order valence-electron chi connectivity index (χ2n) is 6.84. The van der Waals surface area contributed by atoms with Crippen LogP contribution in [0.5, 0.6) is 0 Å². The van der Waals surface area contributed by atoms with Crippen LogP contribution in [0.4, 0.5) is 11.5 Å². The van der Waals surface area contributed by atoms with Gasteiger partial charge in [-0.3, -0.25) is 4.57 Å². The molecular formula is C22H20N6. The van der Waals surface area contributed by atoms with Crippen LogP contribution in [0.25, 0.3) is 22.4 Å². The van der Waals surface area contributed by atoms with Crippen LogP contribution in [-0.4, -0.2) is 19.2 Å². The summed E-state index contributed by atoms with van der Waals surface area (Å²) >= 11 is 0. The Morgan fingerprint density at radius 1 is 0.964 bits per heavy atom. The van der Waals surface area contributed by atoms with Crippen molar-refractivity contribution in [3.8, 4) is 5.95 Å². The number of nitrogens with two attached hydrogens (primary N) is 1. The van der Waals surface area contributed by atoms with Gasteiger partial charge in [0.2, 0.25) is 0 Å². The maximum atomic E-state index is 6.16. The zero-order chi connectivity index (χ0) is 19.1. The van der Waals surface area contributed by atoms with Gasteiger partial charge in [-0.1, -0.05) is 36.4 Å². The smallest absolute Gasteiger partial charge is 0.254 e. The number of anilines is 2. The summed E-state index contributed by atoms with van der Waals surface area (Å²) < 4.78 is 3.89. The van der Waals surface area contributed by atoms with Crippen LogP contribution < -0.4 is 11.1 Å². The van der Waals surface area contributed by atoms with Gasteiger partial charge in [0.1, 0.15) is 5.52 Å². The molecule has 3 heterocycles. The Hall–Kier alpha value is -3.80. The molecule has 0 atom stereocenters. The second-order valence-corrected chi connectivity index (χ2v) is 6.84. The molecule has 0 fully saturated rings. The van der Waals surface area contributed by atoms with Gasteiger partial charge in [-0.05, 0) is 42.8 Å². The minimum Gasteiger partial charge on any atom is -0.398 e. The molecule has 2 aromatic carbocycles. The van der Waals surface area contributed by atoms with Crippen LogP contribution in [0.1, 0.15) is 11.3 Å². The van der Waals surface area contributed by atoms with Crippen molar-refractivity contribution in [1.82, 2.24) is 19.2 Å². The Balaban J connectivity index is 1.63. The summed E-state index contributed by atoms with van der Waals surface area (Å²) in [5.74, 6) is 1.40. The van der Waals surface area contributed by atoms with Crippen LogP contribution in [0.3, 0.4) is 0 Å². The zero-order valence-corrected chi connectivity index (χ0v) is 15.5. The fraction of sp³-hybridized carbons (Fsp3) is 0.0909. The third kappa shape index (κ3) is 2.66. The summed E-state index contributed by atoms with van der Waals surface area (Å²) in [6.45, 7) is 2.73. The van der Waals surface area contributed by atoms with Crippen molar-refractivity contribution in [2.24, 2.45) is 0 Å². The number of hydrogen-bond acceptors (Lipinski definition) is 4. The fourth-order valence-electron chi connectivity index (χ4n) is 3.58. The van der Waals surface area contributed by atoms with Gasteiger partial charge >= 0.3 is 0 Å². The summed E-state index contributed by atoms with van der Waals surface area (Å²) in [6, 6.07) is 22.2. The number of nitrogen functional groups attached to an aromatic ring is 1. The molecule has 3 N–H and O–H groups in total. The molecule has 0 aliphatic carbocycles. The summed E-state index contributed by atoms with van der Waals surface area (Å²) in [5.41, 5.74) is 11.1. The molecule has 0 aliphatic heterocycles. The number of nitrogens with one attached hydrogen (secondary N) is 1. The van der Waals surface area contributed by atoms with Crippen LogP contribution >= 0.6 is 0 Å². The summed E-state index contributed by atoms with van der Waals surface area (Å²) in [5, 5.41) is 9.19. The minimum atomic E-state index is 0.609. The van der Waals surface area contributed by atoms with Crippen LogP contribution in [0.15, 0.2) is 72.9 Å². The fourth-order valence-corrected chi connectivity index (χ4v) is 3.58. The largest absolute Gasteiger partial charge is 0.398 e. The molecule has 0 unspecified atom stereocenters. The van der Waals surface area contributed by atoms with Gasteiger partial charge in [0.25, 0.3) is 5.95 Å². The first-order valence-corrected chi connectivity index (χ1v) is 9.21. The van der Waals surface area contributed by atoms with Gasteiger partial charge in [0.05, 0.1) is 5.52 Å². The van der Waals surface area contributed by atoms with E-state index in [4.69, 9.17) is 15.8 Å². The van der Waals surface area contributed by atoms with E-state index in [0.717, 1.165) is 33.6 Å². The SMILES string of the molecule is Cc1cc2c(N)cccc2n1-c1nc(NCc2ccccc2)c2cccn2n1. The number of nitrogens with zero attached hydrogens (tertiary/aromatic N) is 4. The Morgan fingerprint density at radius 3 is 2.64 bits per heavy atom. The van der Waals surface area contributed by atoms with E-state index in [-0.39, 0.29) is 0 Å². The van der Waals surface area contributed by atoms with Crippen molar-refractivity contribution in [3.05, 3.63) is 84.2 Å². The van der Waals surface area contributed by atoms with Crippen molar-refractivity contribution in [3.63, 3.8) is 0 Å². The van der Waals surface area contributed by atoms with Crippen LogP contribution in [0, 0.1) is 6.92 Å². The van der Waals surface area contributed by atoms with Gasteiger partial charge in [-0.25, -0.2) is 4.52 Å². The Labute approximate surface area is 162 Å². The summed E-state index contributed by atoms with van der Waals surface area (Å²) in [7, 11) is 0. The average molecular weight is 368 g/mol. The predicted octanol–water partition coefficient (Wildman–Crippen LogP) is 4.18. The maximum absolute atomic E-state index is 6.16. The van der Waals surface area contributed by atoms with Gasteiger partial charge in [-0.15, -0.1) is 5.10 Å². The highest BCUT2D eigenvalue weighted by atomic mass is 15.3. The Bertz CT molecular complexity index is 1280. The van der Waals surface area contributed by atoms with E-state index in [1.54, 1.807) is 0 Å². The number of hydrogen-bond donors (Lipinski definition) is 2. The van der Waals surface area contributed by atoms with Crippen molar-refractivity contribution < 1.29 is 0 Å². The molecule has 0 bridgehead atoms. The average Bonchev–Trinajstić information content (AvgIpc) is 3.31. The highest BCUT2D eigenvalue weighted by Crippen LogP contribution is 2.27. The van der Waals surface area contributed by atoms with Crippen LogP contribution in [0.2, 0.25) is 0 Å². The first-order valence-electron chi connectivity index (χ1n) is 9.21. The lowest BCUT2D eigenvalue weighted by molar-refractivity contribution is 0.823. The molecule has 28 heavy (non-hydrogen) atoms. The van der Waals surface area contributed by atoms with Crippen molar-refractivity contribution in [2.45, 2.75) is 13.5 Å². The van der Waals surface area contributed by atoms with Crippen molar-refractivity contribution in [2.75, 3.05) is 11.1 Å². The maximum Gasteiger partial charge on any atom is 0.254 e. The molecular weight excluding hydrogens is 348 g/mol. The number of aryl methyl sites for hydroxylation is 1. The van der Waals surface area contributed by atoms with Gasteiger partial charge in [0.15, 0.2) is 5.82 Å². The van der Waals surface area contributed by atoms with Gasteiger partial charge in [0, 0.05) is 29.5 Å². The van der Waals surface area contributed by atoms with E-state index in [9.17, 15) is 0 Å². The topological polar surface area (TPSA) is 73.2 Å². The lowest BCUT2D eigenvalue weighted by atomic mass is 10.2. The molecule has 0 amide bonds. The predicted molar refractivity (Wildman–Crippen MR) is 113 cm³/mol. The van der Waals surface area contributed by atoms with Crippen LogP contribution in [-0.2, 0) is 6.54 Å². The van der Waals surface area contributed by atoms with E-state index in [2.05, 4.69) is 23.5 Å². The molecule has 3 aromatic heterocycles. The molecule has 138 valence electrons. The summed E-state index contributed by atoms with van der Waals surface area (Å²) in [4.78, 5) is 4.85. The third-order valence-corrected chi connectivity index (χ3v) is 4.95. The zero-order valence-electron chi connectivity index (χ0n) is 15.5.